The summed E-state index contributed by atoms with van der Waals surface area (Å²) < 4.78 is 1.52. The van der Waals surface area contributed by atoms with Crippen molar-refractivity contribution >= 4 is 28.8 Å². The molecule has 0 unspecified atom stereocenters. The number of benzene rings is 1. The third-order valence-electron chi connectivity index (χ3n) is 5.14. The Bertz CT molecular complexity index is 1220. The molecule has 8 heteroatoms. The van der Waals surface area contributed by atoms with Gasteiger partial charge in [-0.3, -0.25) is 14.8 Å². The molecule has 1 aromatic carbocycles. The molecule has 7 nitrogen and oxygen atoms in total. The van der Waals surface area contributed by atoms with Crippen LogP contribution in [-0.2, 0) is 6.42 Å². The van der Waals surface area contributed by atoms with Crippen molar-refractivity contribution in [1.29, 1.82) is 0 Å². The number of carbonyl (C=O) groups is 1. The average Bonchev–Trinajstić information content (AvgIpc) is 3.17. The number of hydrogen-bond acceptors (Lipinski definition) is 5. The fraction of sp³-hybridized carbons (Fsp3) is 0.143. The number of amides is 1. The molecule has 29 heavy (non-hydrogen) atoms. The van der Waals surface area contributed by atoms with E-state index in [1.54, 1.807) is 29.7 Å². The minimum atomic E-state index is -0.172. The molecule has 0 radical (unpaired) electrons. The molecule has 0 fully saturated rings. The smallest absolute Gasteiger partial charge is 0.285 e. The number of hydrogen-bond donors (Lipinski definition) is 0. The van der Waals surface area contributed by atoms with Crippen molar-refractivity contribution in [2.45, 2.75) is 6.42 Å². The normalized spacial score (nSPS) is 13.6. The lowest BCUT2D eigenvalue weighted by molar-refractivity contribution is 0.0732. The molecule has 3 aromatic heterocycles. The fourth-order valence-electron chi connectivity index (χ4n) is 3.64. The van der Waals surface area contributed by atoms with E-state index in [9.17, 15) is 4.79 Å². The topological polar surface area (TPSA) is 66.6 Å². The summed E-state index contributed by atoms with van der Waals surface area (Å²) in [5.74, 6) is -0.172. The zero-order chi connectivity index (χ0) is 20.0. The molecule has 0 atom stereocenters. The van der Waals surface area contributed by atoms with Crippen LogP contribution in [0.1, 0.15) is 16.1 Å². The van der Waals surface area contributed by atoms with E-state index in [-0.39, 0.29) is 5.91 Å². The quantitative estimate of drug-likeness (QED) is 0.511. The number of carbonyl (C=O) groups excluding carboxylic acids is 1. The SMILES string of the molecule is CN1c2cc(-c3ccncc3)ccc2CCN1C(=O)c1cc2ncc(Cl)cn2n1. The van der Waals surface area contributed by atoms with Crippen LogP contribution in [-0.4, -0.2) is 44.1 Å². The number of pyridine rings is 1. The van der Waals surface area contributed by atoms with Crippen molar-refractivity contribution in [3.63, 3.8) is 0 Å². The van der Waals surface area contributed by atoms with Gasteiger partial charge in [0.15, 0.2) is 11.3 Å². The zero-order valence-corrected chi connectivity index (χ0v) is 16.4. The van der Waals surface area contributed by atoms with Gasteiger partial charge in [-0.15, -0.1) is 0 Å². The Morgan fingerprint density at radius 3 is 2.76 bits per heavy atom. The van der Waals surface area contributed by atoms with Gasteiger partial charge in [-0.05, 0) is 41.3 Å². The minimum absolute atomic E-state index is 0.172. The van der Waals surface area contributed by atoms with Crippen LogP contribution < -0.4 is 5.01 Å². The van der Waals surface area contributed by atoms with Crippen LogP contribution in [0.2, 0.25) is 5.02 Å². The average molecular weight is 405 g/mol. The summed E-state index contributed by atoms with van der Waals surface area (Å²) in [6, 6.07) is 12.0. The number of nitrogens with zero attached hydrogens (tertiary/aromatic N) is 6. The van der Waals surface area contributed by atoms with E-state index >= 15 is 0 Å². The van der Waals surface area contributed by atoms with Gasteiger partial charge in [0, 0.05) is 38.2 Å². The second-order valence-electron chi connectivity index (χ2n) is 6.89. The molecule has 4 aromatic rings. The Hall–Kier alpha value is -3.45. The molecular weight excluding hydrogens is 388 g/mol. The van der Waals surface area contributed by atoms with Crippen molar-refractivity contribution in [3.8, 4) is 11.1 Å². The minimum Gasteiger partial charge on any atom is -0.285 e. The molecule has 0 bridgehead atoms. The zero-order valence-electron chi connectivity index (χ0n) is 15.7. The summed E-state index contributed by atoms with van der Waals surface area (Å²) in [6.45, 7) is 0.582. The first-order chi connectivity index (χ1) is 14.1. The van der Waals surface area contributed by atoms with E-state index in [4.69, 9.17) is 11.6 Å². The van der Waals surface area contributed by atoms with Crippen LogP contribution in [0.15, 0.2) is 61.2 Å². The second-order valence-corrected chi connectivity index (χ2v) is 7.32. The first-order valence-corrected chi connectivity index (χ1v) is 9.58. The van der Waals surface area contributed by atoms with Crippen molar-refractivity contribution in [2.75, 3.05) is 18.6 Å². The maximum absolute atomic E-state index is 13.2. The van der Waals surface area contributed by atoms with Gasteiger partial charge in [-0.2, -0.15) is 5.10 Å². The molecule has 144 valence electrons. The third-order valence-corrected chi connectivity index (χ3v) is 5.33. The molecule has 0 saturated carbocycles. The predicted octanol–water partition coefficient (Wildman–Crippen LogP) is 3.49. The number of aromatic nitrogens is 4. The Labute approximate surface area is 172 Å². The van der Waals surface area contributed by atoms with Crippen molar-refractivity contribution in [2.24, 2.45) is 0 Å². The maximum Gasteiger partial charge on any atom is 0.292 e. The lowest BCUT2D eigenvalue weighted by atomic mass is 10.00. The summed E-state index contributed by atoms with van der Waals surface area (Å²) in [4.78, 5) is 21.5. The van der Waals surface area contributed by atoms with Gasteiger partial charge in [-0.1, -0.05) is 23.7 Å². The molecule has 0 saturated heterocycles. The highest BCUT2D eigenvalue weighted by molar-refractivity contribution is 6.30. The number of halogens is 1. The number of hydrazine groups is 1. The number of fused-ring (bicyclic) bond motifs is 2. The van der Waals surface area contributed by atoms with Gasteiger partial charge in [0.1, 0.15) is 0 Å². The van der Waals surface area contributed by atoms with E-state index in [1.807, 2.05) is 24.2 Å². The van der Waals surface area contributed by atoms with Crippen molar-refractivity contribution in [3.05, 3.63) is 77.5 Å². The lowest BCUT2D eigenvalue weighted by Crippen LogP contribution is -2.48. The number of rotatable bonds is 2. The Kier molecular flexibility index (Phi) is 4.17. The van der Waals surface area contributed by atoms with Crippen LogP contribution in [0.5, 0.6) is 0 Å². The summed E-state index contributed by atoms with van der Waals surface area (Å²) in [5.41, 5.74) is 5.29. The molecule has 0 spiro atoms. The van der Waals surface area contributed by atoms with E-state index in [2.05, 4.69) is 33.3 Å². The largest absolute Gasteiger partial charge is 0.292 e. The van der Waals surface area contributed by atoms with Crippen LogP contribution in [0.3, 0.4) is 0 Å². The van der Waals surface area contributed by atoms with Gasteiger partial charge in [0.05, 0.1) is 16.9 Å². The predicted molar refractivity (Wildman–Crippen MR) is 111 cm³/mol. The highest BCUT2D eigenvalue weighted by atomic mass is 35.5. The molecule has 0 N–H and O–H groups in total. The summed E-state index contributed by atoms with van der Waals surface area (Å²) >= 11 is 5.97. The van der Waals surface area contributed by atoms with Crippen molar-refractivity contribution in [1.82, 2.24) is 24.6 Å². The summed E-state index contributed by atoms with van der Waals surface area (Å²) in [5, 5.41) is 8.42. The lowest BCUT2D eigenvalue weighted by Gasteiger charge is -2.38. The standard InChI is InChI=1S/C21H17ClN6O/c1-26-19-10-16(14-4-7-23-8-5-14)3-2-15(19)6-9-28(26)21(29)18-11-20-24-12-17(22)13-27(20)25-18/h2-5,7-8,10-13H,6,9H2,1H3. The second kappa shape index (κ2) is 6.86. The van der Waals surface area contributed by atoms with Crippen LogP contribution in [0.4, 0.5) is 5.69 Å². The van der Waals surface area contributed by atoms with Crippen LogP contribution in [0, 0.1) is 0 Å². The fourth-order valence-corrected chi connectivity index (χ4v) is 3.78. The van der Waals surface area contributed by atoms with Crippen LogP contribution in [0.25, 0.3) is 16.8 Å². The third kappa shape index (κ3) is 3.09. The van der Waals surface area contributed by atoms with Crippen molar-refractivity contribution < 1.29 is 4.79 Å². The molecule has 4 heterocycles. The first-order valence-electron chi connectivity index (χ1n) is 9.20. The molecule has 0 aliphatic carbocycles. The monoisotopic (exact) mass is 404 g/mol. The van der Waals surface area contributed by atoms with Gasteiger partial charge >= 0.3 is 0 Å². The Morgan fingerprint density at radius 2 is 1.93 bits per heavy atom. The Morgan fingerprint density at radius 1 is 1.10 bits per heavy atom. The molecule has 5 rings (SSSR count). The van der Waals surface area contributed by atoms with E-state index in [0.717, 1.165) is 23.2 Å². The highest BCUT2D eigenvalue weighted by Crippen LogP contribution is 2.32. The highest BCUT2D eigenvalue weighted by Gasteiger charge is 2.28. The Balaban J connectivity index is 1.48. The van der Waals surface area contributed by atoms with Gasteiger partial charge in [0.2, 0.25) is 0 Å². The van der Waals surface area contributed by atoms with E-state index in [1.165, 1.54) is 16.3 Å². The first kappa shape index (κ1) is 17.6. The molecule has 1 aliphatic rings. The van der Waals surface area contributed by atoms with Crippen LogP contribution >= 0.6 is 11.6 Å². The molecular formula is C21H17ClN6O. The summed E-state index contributed by atoms with van der Waals surface area (Å²) in [7, 11) is 1.90. The van der Waals surface area contributed by atoms with E-state index in [0.29, 0.717) is 22.9 Å². The van der Waals surface area contributed by atoms with Gasteiger partial charge in [0.25, 0.3) is 5.91 Å². The van der Waals surface area contributed by atoms with E-state index < -0.39 is 0 Å². The maximum atomic E-state index is 13.2. The number of anilines is 1. The molecule has 1 amide bonds. The van der Waals surface area contributed by atoms with Gasteiger partial charge < -0.3 is 0 Å². The summed E-state index contributed by atoms with van der Waals surface area (Å²) in [6.07, 6.45) is 7.50. The van der Waals surface area contributed by atoms with Gasteiger partial charge in [-0.25, -0.2) is 14.5 Å². The molecule has 1 aliphatic heterocycles.